The fraction of sp³-hybridized carbons (Fsp3) is 0.424. The molecule has 3 aromatic heterocycles. The van der Waals surface area contributed by atoms with Crippen molar-refractivity contribution in [2.45, 2.75) is 77.4 Å². The van der Waals surface area contributed by atoms with E-state index in [2.05, 4.69) is 26.3 Å². The van der Waals surface area contributed by atoms with E-state index in [1.807, 2.05) is 71.1 Å². The van der Waals surface area contributed by atoms with Gasteiger partial charge in [0.25, 0.3) is 17.7 Å². The number of aromatic nitrogens is 4. The van der Waals surface area contributed by atoms with Crippen LogP contribution in [0.1, 0.15) is 103 Å². The molecule has 3 aromatic carbocycles. The van der Waals surface area contributed by atoms with E-state index in [9.17, 15) is 38.7 Å². The summed E-state index contributed by atoms with van der Waals surface area (Å²) in [4.78, 5) is 103. The molecule has 4 bridgehead atoms. The first-order chi connectivity index (χ1) is 39.3. The first-order valence-electron chi connectivity index (χ1n) is 27.7. The van der Waals surface area contributed by atoms with Gasteiger partial charge >= 0.3 is 5.97 Å². The number of carbonyl (C=O) groups excluding carboxylic acids is 6. The number of aromatic carboxylic acids is 1. The Kier molecular flexibility index (Phi) is 14.7. The number of anilines is 3. The van der Waals surface area contributed by atoms with Gasteiger partial charge in [-0.05, 0) is 123 Å². The molecule has 6 heterocycles. The van der Waals surface area contributed by atoms with Crippen LogP contribution < -0.4 is 26.2 Å². The monoisotopic (exact) mass is 1120 g/mol. The minimum Gasteiger partial charge on any atom is -0.476 e. The van der Waals surface area contributed by atoms with Crippen LogP contribution in [0.3, 0.4) is 0 Å². The minimum atomic E-state index is -1.14. The lowest BCUT2D eigenvalue weighted by Crippen LogP contribution is -2.54. The smallest absolute Gasteiger partial charge is 0.355 e. The highest BCUT2D eigenvalue weighted by molar-refractivity contribution is 7.22. The van der Waals surface area contributed by atoms with Crippen molar-refractivity contribution in [2.75, 3.05) is 74.8 Å². The molecule has 81 heavy (non-hydrogen) atoms. The first-order valence-corrected chi connectivity index (χ1v) is 28.5. The lowest BCUT2D eigenvalue weighted by atomic mass is 9.66. The van der Waals surface area contributed by atoms with E-state index in [0.717, 1.165) is 64.0 Å². The van der Waals surface area contributed by atoms with Crippen LogP contribution in [-0.2, 0) is 48.1 Å². The molecule has 3 aliphatic heterocycles. The molecule has 22 heteroatoms. The number of thiazole rings is 1. The molecule has 4 saturated carbocycles. The Hall–Kier alpha value is -7.92. The van der Waals surface area contributed by atoms with Crippen molar-refractivity contribution < 1.29 is 52.9 Å². The Morgan fingerprint density at radius 3 is 2.42 bits per heavy atom. The Morgan fingerprint density at radius 2 is 1.62 bits per heavy atom. The third-order valence-electron chi connectivity index (χ3n) is 17.3. The number of hydrogen-bond donors (Lipinski definition) is 5. The van der Waals surface area contributed by atoms with E-state index in [1.54, 1.807) is 24.4 Å². The fourth-order valence-electron chi connectivity index (χ4n) is 13.7. The van der Waals surface area contributed by atoms with Gasteiger partial charge in [0, 0.05) is 67.2 Å². The van der Waals surface area contributed by atoms with Crippen LogP contribution in [0.4, 0.5) is 16.6 Å². The maximum absolute atomic E-state index is 14.0. The number of amides is 6. The molecule has 5 unspecified atom stereocenters. The second kappa shape index (κ2) is 22.2. The summed E-state index contributed by atoms with van der Waals surface area (Å²) in [6.45, 7) is 6.33. The quantitative estimate of drug-likeness (QED) is 0.0371. The van der Waals surface area contributed by atoms with Crippen molar-refractivity contribution in [1.82, 2.24) is 35.3 Å². The Bertz CT molecular complexity index is 3490. The topological polar surface area (TPSA) is 266 Å². The average molecular weight is 1120 g/mol. The number of rotatable bonds is 22. The molecule has 5 fully saturated rings. The van der Waals surface area contributed by atoms with Gasteiger partial charge in [0.15, 0.2) is 10.8 Å². The van der Waals surface area contributed by atoms with Crippen LogP contribution in [0.5, 0.6) is 0 Å². The van der Waals surface area contributed by atoms with Crippen LogP contribution in [-0.4, -0.2) is 136 Å². The predicted octanol–water partition coefficient (Wildman–Crippen LogP) is 6.25. The normalized spacial score (nSPS) is 22.6. The summed E-state index contributed by atoms with van der Waals surface area (Å²) < 4.78 is 20.1. The second-order valence-corrected chi connectivity index (χ2v) is 23.2. The highest BCUT2D eigenvalue weighted by atomic mass is 32.1. The summed E-state index contributed by atoms with van der Waals surface area (Å²) in [5.41, 5.74) is 5.56. The third kappa shape index (κ3) is 10.3. The number of para-hydroxylation sites is 1. The number of benzene rings is 3. The molecule has 420 valence electrons. The predicted molar refractivity (Wildman–Crippen MR) is 298 cm³/mol. The molecule has 4 aliphatic carbocycles. The summed E-state index contributed by atoms with van der Waals surface area (Å²) in [6.07, 6.45) is 7.12. The zero-order valence-electron chi connectivity index (χ0n) is 44.8. The summed E-state index contributed by atoms with van der Waals surface area (Å²) in [6, 6.07) is 21.0. The molecule has 6 amide bonds. The highest BCUT2D eigenvalue weighted by Crippen LogP contribution is 2.71. The molecule has 5 N–H and O–H groups in total. The summed E-state index contributed by atoms with van der Waals surface area (Å²) in [5.74, 6) is -2.20. The molecule has 1 saturated heterocycles. The van der Waals surface area contributed by atoms with Crippen molar-refractivity contribution in [3.05, 3.63) is 118 Å². The number of ether oxygens (including phenoxy) is 3. The van der Waals surface area contributed by atoms with E-state index < -0.39 is 41.1 Å². The van der Waals surface area contributed by atoms with Gasteiger partial charge in [0.1, 0.15) is 11.9 Å². The average Bonchev–Trinajstić information content (AvgIpc) is 4.43. The molecule has 6 aromatic rings. The van der Waals surface area contributed by atoms with Crippen LogP contribution >= 0.6 is 11.3 Å². The van der Waals surface area contributed by atoms with Gasteiger partial charge in [-0.25, -0.2) is 14.8 Å². The van der Waals surface area contributed by atoms with Crippen LogP contribution in [0.15, 0.2) is 79.0 Å². The van der Waals surface area contributed by atoms with Gasteiger partial charge in [0.2, 0.25) is 17.7 Å². The third-order valence-corrected chi connectivity index (χ3v) is 18.2. The molecular weight excluding hydrogens is 1060 g/mol. The maximum Gasteiger partial charge on any atom is 0.355 e. The maximum atomic E-state index is 14.0. The Balaban J connectivity index is 0.584. The largest absolute Gasteiger partial charge is 0.476 e. The Morgan fingerprint density at radius 1 is 0.827 bits per heavy atom. The van der Waals surface area contributed by atoms with Gasteiger partial charge < -0.3 is 34.9 Å². The molecular formula is C59H62N10O11S. The zero-order chi connectivity index (χ0) is 56.0. The van der Waals surface area contributed by atoms with E-state index >= 15 is 0 Å². The van der Waals surface area contributed by atoms with Crippen molar-refractivity contribution in [3.63, 3.8) is 0 Å². The summed E-state index contributed by atoms with van der Waals surface area (Å²) >= 11 is 1.42. The number of hydrogen-bond acceptors (Lipinski definition) is 16. The summed E-state index contributed by atoms with van der Waals surface area (Å²) in [7, 11) is 0. The molecule has 0 spiro atoms. The first kappa shape index (κ1) is 53.7. The van der Waals surface area contributed by atoms with Gasteiger partial charge in [-0.2, -0.15) is 5.10 Å². The number of nitrogens with one attached hydrogen (secondary N) is 4. The van der Waals surface area contributed by atoms with Gasteiger partial charge in [-0.15, -0.1) is 0 Å². The zero-order valence-corrected chi connectivity index (χ0v) is 45.6. The van der Waals surface area contributed by atoms with E-state index in [4.69, 9.17) is 24.3 Å². The molecule has 0 radical (unpaired) electrons. The summed E-state index contributed by atoms with van der Waals surface area (Å²) in [5, 5.41) is 27.5. The van der Waals surface area contributed by atoms with Crippen molar-refractivity contribution in [2.24, 2.45) is 22.7 Å². The molecule has 5 atom stereocenters. The van der Waals surface area contributed by atoms with E-state index in [0.29, 0.717) is 124 Å². The van der Waals surface area contributed by atoms with Gasteiger partial charge in [0.05, 0.1) is 72.6 Å². The second-order valence-electron chi connectivity index (χ2n) is 22.2. The van der Waals surface area contributed by atoms with Crippen molar-refractivity contribution >= 4 is 79.6 Å². The number of nitrogens with zero attached hydrogens (tertiary/aromatic N) is 6. The number of carbonyl (C=O) groups is 7. The lowest BCUT2D eigenvalue weighted by Gasteiger charge is -2.40. The minimum absolute atomic E-state index is 0.0468. The number of piperidine rings is 1. The fourth-order valence-corrected chi connectivity index (χ4v) is 14.6. The standard InChI is InChI=1S/C59H62N10O11S/c1-34-41(38-12-14-47(64-50(38)55(75)76)67-19-16-36-6-4-7-39(42(36)31-67)51(71)66-57-63-43-9-2-3-11-46(43)81-57)30-62-68(34)33-59-28-35-26-37(59)29-58(27-35,32-59)56(77)61-18-21-79-23-25-80-24-22-78-20-17-60-44-10-5-8-40-49(44)54(74)69(53(40)73)45-13-15-48(70)65-52(45)72/h2-12,14,30,35,37,45,60H,13,15-29,31-33H2,1H3,(H,61,77)(H,75,76)(H,63,66,71)(H,65,70,72). The van der Waals surface area contributed by atoms with Crippen LogP contribution in [0, 0.1) is 29.6 Å². The number of pyridine rings is 1. The number of fused-ring (bicyclic) bond motifs is 3. The lowest BCUT2D eigenvalue weighted by molar-refractivity contribution is -0.136. The van der Waals surface area contributed by atoms with E-state index in [1.165, 1.54) is 11.3 Å². The molecule has 13 rings (SSSR count). The SMILES string of the molecule is Cc1c(-c2ccc(N3CCc4cccc(C(=O)Nc5nc6ccccc6s5)c4C3)nc2C(=O)O)cnn1CC12CC3CC1CC(C(=O)NCCOCCOCCOCCNc1cccc4c1C(=O)N(C1CCC(=O)NC1=O)C4=O)(C3)C2. The van der Waals surface area contributed by atoms with Gasteiger partial charge in [-0.3, -0.25) is 49.0 Å². The van der Waals surface area contributed by atoms with E-state index in [-0.39, 0.29) is 46.9 Å². The Labute approximate surface area is 470 Å². The van der Waals surface area contributed by atoms with Gasteiger partial charge in [-0.1, -0.05) is 41.7 Å². The highest BCUT2D eigenvalue weighted by Gasteiger charge is 2.66. The van der Waals surface area contributed by atoms with Crippen molar-refractivity contribution in [3.8, 4) is 11.1 Å². The molecule has 21 nitrogen and oxygen atoms in total. The van der Waals surface area contributed by atoms with Crippen LogP contribution in [0.25, 0.3) is 21.3 Å². The molecule has 7 aliphatic rings. The van der Waals surface area contributed by atoms with Crippen molar-refractivity contribution in [1.29, 1.82) is 0 Å². The number of carboxylic acids is 1. The van der Waals surface area contributed by atoms with Crippen LogP contribution in [0.2, 0.25) is 0 Å². The number of carboxylic acid groups (broad SMARTS) is 1. The number of imide groups is 2.